The lowest BCUT2D eigenvalue weighted by Gasteiger charge is -2.20. The molecule has 0 fully saturated rings. The molecule has 482 valence electrons. The van der Waals surface area contributed by atoms with E-state index in [2.05, 4.69) is 72.5 Å². The molecule has 0 bridgehead atoms. The van der Waals surface area contributed by atoms with Crippen LogP contribution in [0.5, 0.6) is 11.5 Å². The number of nitrogens with two attached hydrogens (primary N) is 4. The third-order valence-electron chi connectivity index (χ3n) is 11.3. The molecule has 4 rings (SSSR count). The Morgan fingerprint density at radius 3 is 1.18 bits per heavy atom. The minimum Gasteiger partial charge on any atom is -0.491 e. The van der Waals surface area contributed by atoms with E-state index in [9.17, 15) is 28.8 Å². The molecule has 0 atom stereocenters. The van der Waals surface area contributed by atoms with Crippen molar-refractivity contribution < 1.29 is 57.2 Å². The zero-order chi connectivity index (χ0) is 64.5. The molecule has 0 aliphatic heterocycles. The first kappa shape index (κ1) is 71.7. The Bertz CT molecular complexity index is 2770. The van der Waals surface area contributed by atoms with Gasteiger partial charge >= 0.3 is 24.2 Å². The predicted octanol–water partition coefficient (Wildman–Crippen LogP) is 5.04. The van der Waals surface area contributed by atoms with Crippen LogP contribution in [0.2, 0.25) is 10.3 Å². The van der Waals surface area contributed by atoms with Gasteiger partial charge in [0.25, 0.3) is 11.8 Å². The van der Waals surface area contributed by atoms with Crippen LogP contribution in [-0.4, -0.2) is 158 Å². The molecular formula is C56H82Cl2N18O12. The van der Waals surface area contributed by atoms with Crippen molar-refractivity contribution in [1.29, 1.82) is 0 Å². The summed E-state index contributed by atoms with van der Waals surface area (Å²) >= 11 is 11.9. The zero-order valence-corrected chi connectivity index (χ0v) is 51.9. The van der Waals surface area contributed by atoms with Crippen molar-refractivity contribution >= 4 is 94.5 Å². The van der Waals surface area contributed by atoms with Gasteiger partial charge in [-0.2, -0.15) is 0 Å². The number of hydrogen-bond donors (Lipinski definition) is 12. The lowest BCUT2D eigenvalue weighted by molar-refractivity contribution is 0.0548. The highest BCUT2D eigenvalue weighted by Gasteiger charge is 2.24. The summed E-state index contributed by atoms with van der Waals surface area (Å²) in [6.45, 7) is 14.1. The number of carbonyl (C=O) groups is 6. The number of hydrogen-bond acceptors (Lipinski definition) is 22. The summed E-state index contributed by atoms with van der Waals surface area (Å²) in [6.07, 6.45) is 3.93. The summed E-state index contributed by atoms with van der Waals surface area (Å²) in [7, 11) is 0. The molecule has 0 aliphatic rings. The third kappa shape index (κ3) is 30.1. The molecule has 0 unspecified atom stereocenters. The van der Waals surface area contributed by atoms with E-state index < -0.39 is 35.2 Å². The van der Waals surface area contributed by atoms with Crippen molar-refractivity contribution in [3.63, 3.8) is 0 Å². The van der Waals surface area contributed by atoms with Gasteiger partial charge in [-0.1, -0.05) is 47.5 Å². The lowest BCUT2D eigenvalue weighted by Crippen LogP contribution is -2.46. The smallest absolute Gasteiger partial charge is 0.414 e. The van der Waals surface area contributed by atoms with Crippen molar-refractivity contribution in [3.05, 3.63) is 81.4 Å². The molecule has 2 aromatic carbocycles. The van der Waals surface area contributed by atoms with Crippen LogP contribution >= 0.6 is 23.2 Å². The monoisotopic (exact) mass is 1270 g/mol. The number of guanidine groups is 2. The molecule has 4 aromatic rings. The van der Waals surface area contributed by atoms with Crippen molar-refractivity contribution in [1.82, 2.24) is 62.5 Å². The minimum atomic E-state index is -0.820. The summed E-state index contributed by atoms with van der Waals surface area (Å²) in [5.74, 6) is -1.35. The Hall–Kier alpha value is -8.74. The van der Waals surface area contributed by atoms with Crippen LogP contribution in [0, 0.1) is 0 Å². The number of aryl methyl sites for hydroxylation is 2. The van der Waals surface area contributed by atoms with E-state index in [0.717, 1.165) is 36.8 Å². The fourth-order valence-corrected chi connectivity index (χ4v) is 7.49. The van der Waals surface area contributed by atoms with E-state index in [1.165, 1.54) is 0 Å². The highest BCUT2D eigenvalue weighted by molar-refractivity contribution is 6.32. The minimum absolute atomic E-state index is 0.135. The van der Waals surface area contributed by atoms with Gasteiger partial charge in [0, 0.05) is 39.3 Å². The Kier molecular flexibility index (Phi) is 30.8. The van der Waals surface area contributed by atoms with E-state index >= 15 is 0 Å². The summed E-state index contributed by atoms with van der Waals surface area (Å²) in [5, 5.41) is 20.5. The van der Waals surface area contributed by atoms with Gasteiger partial charge in [-0.25, -0.2) is 39.1 Å². The number of anilines is 4. The second kappa shape index (κ2) is 37.7. The summed E-state index contributed by atoms with van der Waals surface area (Å²) in [5.41, 5.74) is 22.8. The number of nitrogens with zero attached hydrogens (tertiary/aromatic N) is 6. The average Bonchev–Trinajstić information content (AvgIpc) is 2.87. The summed E-state index contributed by atoms with van der Waals surface area (Å²) in [4.78, 5) is 99.2. The molecule has 0 radical (unpaired) electrons. The first-order valence-electron chi connectivity index (χ1n) is 28.3. The van der Waals surface area contributed by atoms with Crippen LogP contribution in [0.4, 0.5) is 42.4 Å². The quantitative estimate of drug-likeness (QED) is 0.0178. The van der Waals surface area contributed by atoms with Crippen LogP contribution in [0.1, 0.15) is 112 Å². The van der Waals surface area contributed by atoms with Gasteiger partial charge < -0.3 is 72.6 Å². The van der Waals surface area contributed by atoms with Gasteiger partial charge in [0.1, 0.15) is 35.9 Å². The number of aliphatic imine (C=N–C) groups is 2. The topological polar surface area (TPSA) is 434 Å². The van der Waals surface area contributed by atoms with Crippen LogP contribution in [0.25, 0.3) is 0 Å². The number of halogens is 2. The molecule has 88 heavy (non-hydrogen) atoms. The fraction of sp³-hybridized carbons (Fsp3) is 0.500. The van der Waals surface area contributed by atoms with Gasteiger partial charge in [-0.3, -0.25) is 40.8 Å². The van der Waals surface area contributed by atoms with Gasteiger partial charge in [0.2, 0.25) is 11.9 Å². The second-order valence-electron chi connectivity index (χ2n) is 21.1. The van der Waals surface area contributed by atoms with Crippen molar-refractivity contribution in [2.24, 2.45) is 9.98 Å². The van der Waals surface area contributed by atoms with Gasteiger partial charge in [0.15, 0.2) is 45.0 Å². The third-order valence-corrected chi connectivity index (χ3v) is 11.9. The molecule has 2 heterocycles. The van der Waals surface area contributed by atoms with E-state index in [-0.39, 0.29) is 82.0 Å². The number of urea groups is 2. The van der Waals surface area contributed by atoms with Crippen LogP contribution in [-0.2, 0) is 31.8 Å². The average molecular weight is 1270 g/mol. The van der Waals surface area contributed by atoms with Crippen molar-refractivity contribution in [3.8, 4) is 11.5 Å². The Morgan fingerprint density at radius 2 is 0.818 bits per heavy atom. The molecule has 32 heteroatoms. The maximum atomic E-state index is 12.9. The fourth-order valence-electron chi connectivity index (χ4n) is 7.23. The highest BCUT2D eigenvalue weighted by atomic mass is 35.5. The molecule has 0 spiro atoms. The highest BCUT2D eigenvalue weighted by Crippen LogP contribution is 2.20. The van der Waals surface area contributed by atoms with Gasteiger partial charge in [-0.05, 0) is 128 Å². The maximum Gasteiger partial charge on any atom is 0.414 e. The number of carbonyl (C=O) groups excluding carboxylic acids is 6. The largest absolute Gasteiger partial charge is 0.491 e. The zero-order valence-electron chi connectivity index (χ0n) is 50.4. The maximum absolute atomic E-state index is 12.9. The molecule has 2 aromatic heterocycles. The van der Waals surface area contributed by atoms with Crippen LogP contribution < -0.4 is 74.9 Å². The van der Waals surface area contributed by atoms with E-state index in [1.54, 1.807) is 41.5 Å². The normalized spacial score (nSPS) is 11.6. The number of amides is 8. The number of aromatic nitrogens is 4. The van der Waals surface area contributed by atoms with Gasteiger partial charge in [-0.15, -0.1) is 0 Å². The van der Waals surface area contributed by atoms with E-state index in [1.807, 2.05) is 48.5 Å². The van der Waals surface area contributed by atoms with E-state index in [0.29, 0.717) is 103 Å². The first-order valence-corrected chi connectivity index (χ1v) is 29.1. The number of alkyl carbamates (subject to hydrolysis) is 2. The number of nitrogens with one attached hydrogen (secondary N) is 8. The summed E-state index contributed by atoms with van der Waals surface area (Å²) in [6, 6.07) is 14.7. The molecule has 0 saturated carbocycles. The van der Waals surface area contributed by atoms with Gasteiger partial charge in [0.05, 0.1) is 26.4 Å². The molecule has 30 nitrogen and oxygen atoms in total. The number of unbranched alkanes of at least 4 members (excludes halogenated alkanes) is 3. The van der Waals surface area contributed by atoms with Crippen LogP contribution in [0.15, 0.2) is 58.5 Å². The first-order chi connectivity index (χ1) is 41.8. The predicted molar refractivity (Wildman–Crippen MR) is 333 cm³/mol. The van der Waals surface area contributed by atoms with E-state index in [4.69, 9.17) is 74.6 Å². The lowest BCUT2D eigenvalue weighted by atomic mass is 10.1. The number of ether oxygens (including phenoxy) is 6. The molecular weight excluding hydrogens is 1190 g/mol. The number of benzene rings is 2. The molecule has 8 amide bonds. The number of nitrogen functional groups attached to an aromatic ring is 4. The van der Waals surface area contributed by atoms with Crippen LogP contribution in [0.3, 0.4) is 0 Å². The Balaban J connectivity index is 0.957. The number of rotatable bonds is 31. The SMILES string of the molecule is CC(C)(C)OC(=O)NC(=NCCCCc1ccc(OCCOCCNC(=O)NCCCCNC(=O)NCCOCCOc2ccc(CCCCN=C(NC(=O)OC(C)(C)C)NC(=O)c3nc(Cl)c(N)nc3N)cc2)cc1)NC(=O)c1nc(Cl)c(N)nc1N. The Labute approximate surface area is 520 Å². The standard InChI is InChI=1S/C56H82Cl2N18O12/c1-55(2,3)87-53(81)75-49(73-47(77)39-43(59)71-45(61)41(57)69-39)63-23-9-7-13-35-15-19-37(20-16-35)85-33-31-83-29-27-67-51(79)65-25-11-12-26-66-52(80)68-28-30-84-32-34-86-38-21-17-36(18-22-38)14-8-10-24-64-50(76-54(82)88-56(4,5)6)74-48(78)40-44(60)72-46(62)42(58)70-40/h15-22H,7-14,23-34H2,1-6H3,(H4,59,61,71)(H4,60,62,72)(H2,65,67,79)(H2,66,68,80)(H2,63,73,75,77,81)(H2,64,74,76,78,82). The molecule has 0 saturated heterocycles. The Morgan fingerprint density at radius 1 is 0.455 bits per heavy atom. The van der Waals surface area contributed by atoms with Crippen molar-refractivity contribution in [2.45, 2.75) is 104 Å². The molecule has 0 aliphatic carbocycles. The second-order valence-corrected chi connectivity index (χ2v) is 21.8. The van der Waals surface area contributed by atoms with Crippen molar-refractivity contribution in [2.75, 3.05) is 102 Å². The molecule has 16 N–H and O–H groups in total. The summed E-state index contributed by atoms with van der Waals surface area (Å²) < 4.78 is 33.3.